The van der Waals surface area contributed by atoms with E-state index < -0.39 is 133 Å². The van der Waals surface area contributed by atoms with Crippen LogP contribution in [-0.4, -0.2) is 148 Å². The number of aromatic hydroxyl groups is 1. The maximum atomic E-state index is 14.5. The molecule has 4 rings (SSSR count). The van der Waals surface area contributed by atoms with Gasteiger partial charge in [0.15, 0.2) is 0 Å². The van der Waals surface area contributed by atoms with Crippen molar-refractivity contribution in [2.24, 2.45) is 22.9 Å². The molecule has 7 unspecified atom stereocenters. The van der Waals surface area contributed by atoms with E-state index in [1.165, 1.54) is 17.0 Å². The zero-order chi connectivity index (χ0) is 52.7. The Hall–Kier alpha value is -6.93. The number of carbonyl (C=O) groups excluding carboxylic acids is 11. The summed E-state index contributed by atoms with van der Waals surface area (Å²) >= 11 is 0. The van der Waals surface area contributed by atoms with E-state index in [2.05, 4.69) is 37.2 Å². The molecule has 2 aliphatic heterocycles. The van der Waals surface area contributed by atoms with Gasteiger partial charge < -0.3 is 70.2 Å². The van der Waals surface area contributed by atoms with Crippen molar-refractivity contribution in [2.75, 3.05) is 31.1 Å². The number of phenolic OH excluding ortho intramolecular Hbond substituents is 1. The van der Waals surface area contributed by atoms with Gasteiger partial charge in [0.05, 0.1) is 13.0 Å². The van der Waals surface area contributed by atoms with E-state index in [1.54, 1.807) is 42.5 Å². The monoisotopic (exact) mass is 1040 g/mol. The molecule has 0 aliphatic carbocycles. The van der Waals surface area contributed by atoms with Crippen LogP contribution in [0.1, 0.15) is 68.9 Å². The van der Waals surface area contributed by atoms with Crippen LogP contribution in [0, 0.1) is 0 Å². The Kier molecular flexibility index (Phi) is 23.6. The van der Waals surface area contributed by atoms with Crippen LogP contribution < -0.4 is 60.2 Å². The Morgan fingerprint density at radius 1 is 0.722 bits per heavy atom. The first-order valence-corrected chi connectivity index (χ1v) is 25.8. The van der Waals surface area contributed by atoms with Crippen LogP contribution in [0.3, 0.4) is 0 Å². The van der Waals surface area contributed by atoms with E-state index in [0.29, 0.717) is 36.9 Å². The summed E-state index contributed by atoms with van der Waals surface area (Å²) in [5.74, 6) is -9.26. The molecule has 11 amide bonds. The van der Waals surface area contributed by atoms with Gasteiger partial charge >= 0.3 is 0 Å². The highest BCUT2D eigenvalue weighted by Crippen LogP contribution is 2.26. The van der Waals surface area contributed by atoms with Crippen molar-refractivity contribution in [3.8, 4) is 5.75 Å². The predicted molar refractivity (Wildman–Crippen MR) is 265 cm³/mol. The van der Waals surface area contributed by atoms with E-state index in [4.69, 9.17) is 22.9 Å². The first kappa shape index (κ1) is 57.6. The van der Waals surface area contributed by atoms with Gasteiger partial charge in [-0.25, -0.2) is 0 Å². The number of hydrogen-bond donors (Lipinski definition) is 12. The molecule has 2 aromatic rings. The summed E-state index contributed by atoms with van der Waals surface area (Å²) in [6, 6.07) is 4.79. The number of primary amides is 3. The molecular formula is C46H64N12O12S2. The molecular weight excluding hydrogens is 977 g/mol. The highest BCUT2D eigenvalue weighted by Gasteiger charge is 2.40. The van der Waals surface area contributed by atoms with Crippen molar-refractivity contribution in [1.29, 1.82) is 0 Å². The highest BCUT2D eigenvalue weighted by atomic mass is 33.1. The summed E-state index contributed by atoms with van der Waals surface area (Å²) in [7, 11) is 2.22. The van der Waals surface area contributed by atoms with Gasteiger partial charge in [-0.2, -0.15) is 0 Å². The number of nitrogens with two attached hydrogens (primary N) is 4. The number of rotatable bonds is 19. The standard InChI is InChI=1S/C46H64N12O12S2/c47-18-5-4-9-29(40(64)51-24-38(50)62)54-45(69)35-10-6-19-58(35)46(70)34-25-72-71-20-17-39(63)52-31(22-27-11-13-28(59)14-12-27)42(66)55-32(21-26-7-2-1-3-8-26)43(67)53-30(15-16-36(48)60)41(65)56-33(23-37(49)61)44(68)57-34/h1-3,7-8,11-14,29-35,59H,4-6,9-10,15-25,47H2,(H2,48,60)(H2,49,61)(H2,50,62)(H,51,64)(H,52,63)(H,53,67)(H,54,69)(H,55,66)(H,56,65)(H,57,68). The van der Waals surface area contributed by atoms with Gasteiger partial charge in [-0.1, -0.05) is 64.1 Å². The molecule has 0 aromatic heterocycles. The van der Waals surface area contributed by atoms with E-state index in [0.717, 1.165) is 21.6 Å². The summed E-state index contributed by atoms with van der Waals surface area (Å²) in [5.41, 5.74) is 22.9. The zero-order valence-corrected chi connectivity index (χ0v) is 41.2. The van der Waals surface area contributed by atoms with Crippen LogP contribution in [-0.2, 0) is 65.6 Å². The molecule has 0 radical (unpaired) electrons. The second kappa shape index (κ2) is 29.4. The molecule has 2 aliphatic rings. The molecule has 2 heterocycles. The van der Waals surface area contributed by atoms with Gasteiger partial charge in [0.1, 0.15) is 48.0 Å². The SMILES string of the molecule is NCCCCC(NC(=O)C1CCCN1C(=O)C1CSSCCC(=O)NC(Cc2ccc(O)cc2)C(=O)NC(Cc2ccccc2)C(=O)NC(CCC(N)=O)C(=O)NC(CC(N)=O)C(=O)N1)C(=O)NCC(N)=O. The first-order valence-electron chi connectivity index (χ1n) is 23.4. The maximum Gasteiger partial charge on any atom is 0.246 e. The fraction of sp³-hybridized carbons (Fsp3) is 0.500. The first-order chi connectivity index (χ1) is 34.3. The van der Waals surface area contributed by atoms with Gasteiger partial charge in [0, 0.05) is 43.7 Å². The third-order valence-corrected chi connectivity index (χ3v) is 13.9. The quantitative estimate of drug-likeness (QED) is 0.0485. The molecule has 0 saturated carbocycles. The summed E-state index contributed by atoms with van der Waals surface area (Å²) in [4.78, 5) is 149. The Morgan fingerprint density at radius 3 is 1.97 bits per heavy atom. The van der Waals surface area contributed by atoms with Crippen LogP contribution in [0.25, 0.3) is 0 Å². The number of amides is 11. The molecule has 2 saturated heterocycles. The average molecular weight is 1040 g/mol. The molecule has 0 bridgehead atoms. The fourth-order valence-corrected chi connectivity index (χ4v) is 9.92. The average Bonchev–Trinajstić information content (AvgIpc) is 3.84. The zero-order valence-electron chi connectivity index (χ0n) is 39.6. The number of unbranched alkanes of at least 4 members (excludes halogenated alkanes) is 1. The van der Waals surface area contributed by atoms with Gasteiger partial charge in [0.25, 0.3) is 0 Å². The summed E-state index contributed by atoms with van der Waals surface area (Å²) in [5, 5.41) is 27.9. The Bertz CT molecular complexity index is 2260. The van der Waals surface area contributed by atoms with Crippen molar-refractivity contribution in [3.63, 3.8) is 0 Å². The Labute approximate surface area is 423 Å². The normalized spacial score (nSPS) is 22.1. The molecule has 2 fully saturated rings. The molecule has 26 heteroatoms. The summed E-state index contributed by atoms with van der Waals surface area (Å²) in [6.45, 7) is -0.107. The van der Waals surface area contributed by atoms with Crippen LogP contribution >= 0.6 is 21.6 Å². The number of phenols is 1. The lowest BCUT2D eigenvalue weighted by Gasteiger charge is -2.31. The van der Waals surface area contributed by atoms with Crippen LogP contribution in [0.15, 0.2) is 54.6 Å². The number of nitrogens with zero attached hydrogens (tertiary/aromatic N) is 1. The van der Waals surface area contributed by atoms with Crippen LogP contribution in [0.4, 0.5) is 0 Å². The lowest BCUT2D eigenvalue weighted by Crippen LogP contribution is -2.61. The molecule has 392 valence electrons. The summed E-state index contributed by atoms with van der Waals surface area (Å²) in [6.07, 6.45) is -0.319. The van der Waals surface area contributed by atoms with E-state index in [1.807, 2.05) is 0 Å². The number of nitrogens with one attached hydrogen (secondary N) is 7. The van der Waals surface area contributed by atoms with Gasteiger partial charge in [0.2, 0.25) is 65.0 Å². The number of hydrogen-bond acceptors (Lipinski definition) is 15. The minimum atomic E-state index is -1.75. The van der Waals surface area contributed by atoms with Crippen molar-refractivity contribution >= 4 is 86.6 Å². The Morgan fingerprint density at radius 2 is 1.33 bits per heavy atom. The predicted octanol–water partition coefficient (Wildman–Crippen LogP) is -3.27. The molecule has 72 heavy (non-hydrogen) atoms. The second-order valence-corrected chi connectivity index (χ2v) is 19.8. The van der Waals surface area contributed by atoms with E-state index in [9.17, 15) is 57.8 Å². The topological polar surface area (TPSA) is 400 Å². The van der Waals surface area contributed by atoms with E-state index in [-0.39, 0.29) is 55.9 Å². The molecule has 16 N–H and O–H groups in total. The van der Waals surface area contributed by atoms with Crippen molar-refractivity contribution in [1.82, 2.24) is 42.1 Å². The van der Waals surface area contributed by atoms with Crippen LogP contribution in [0.5, 0.6) is 5.75 Å². The smallest absolute Gasteiger partial charge is 0.246 e. The minimum absolute atomic E-state index is 0.0359. The highest BCUT2D eigenvalue weighted by molar-refractivity contribution is 8.76. The second-order valence-electron chi connectivity index (χ2n) is 17.2. The van der Waals surface area contributed by atoms with Crippen molar-refractivity contribution in [3.05, 3.63) is 65.7 Å². The van der Waals surface area contributed by atoms with Crippen LogP contribution in [0.2, 0.25) is 0 Å². The van der Waals surface area contributed by atoms with Crippen molar-refractivity contribution in [2.45, 2.75) is 113 Å². The van der Waals surface area contributed by atoms with Crippen molar-refractivity contribution < 1.29 is 57.8 Å². The lowest BCUT2D eigenvalue weighted by atomic mass is 10.0. The maximum absolute atomic E-state index is 14.5. The molecule has 24 nitrogen and oxygen atoms in total. The lowest BCUT2D eigenvalue weighted by molar-refractivity contribution is -0.142. The number of carbonyl (C=O) groups is 11. The number of likely N-dealkylation sites (tertiary alicyclic amines) is 1. The third kappa shape index (κ3) is 19.3. The molecule has 0 spiro atoms. The molecule has 7 atom stereocenters. The third-order valence-electron chi connectivity index (χ3n) is 11.5. The van der Waals surface area contributed by atoms with Gasteiger partial charge in [-0.3, -0.25) is 52.7 Å². The van der Waals surface area contributed by atoms with E-state index >= 15 is 0 Å². The summed E-state index contributed by atoms with van der Waals surface area (Å²) < 4.78 is 0. The minimum Gasteiger partial charge on any atom is -0.508 e. The molecule has 2 aromatic carbocycles. The largest absolute Gasteiger partial charge is 0.508 e. The Balaban J connectivity index is 1.69. The van der Waals surface area contributed by atoms with Gasteiger partial charge in [-0.05, 0) is 68.3 Å². The number of benzene rings is 2. The fourth-order valence-electron chi connectivity index (χ4n) is 7.77. The van der Waals surface area contributed by atoms with Gasteiger partial charge in [-0.15, -0.1) is 0 Å².